The van der Waals surface area contributed by atoms with E-state index in [2.05, 4.69) is 21.2 Å². The van der Waals surface area contributed by atoms with E-state index in [0.717, 1.165) is 12.1 Å². The van der Waals surface area contributed by atoms with Gasteiger partial charge in [0.1, 0.15) is 11.9 Å². The topological polar surface area (TPSA) is 66.4 Å². The maximum atomic E-state index is 12.9. The van der Waals surface area contributed by atoms with E-state index in [1.165, 1.54) is 6.07 Å². The molecule has 0 aliphatic rings. The Hall–Kier alpha value is -1.43. The van der Waals surface area contributed by atoms with Crippen molar-refractivity contribution >= 4 is 27.8 Å². The molecule has 1 aromatic rings. The van der Waals surface area contributed by atoms with Gasteiger partial charge in [0.2, 0.25) is 0 Å². The molecular formula is C13H15BrFNO3. The van der Waals surface area contributed by atoms with E-state index in [1.54, 1.807) is 20.8 Å². The summed E-state index contributed by atoms with van der Waals surface area (Å²) in [5, 5.41) is 11.6. The lowest BCUT2D eigenvalue weighted by Gasteiger charge is -2.27. The van der Waals surface area contributed by atoms with Crippen molar-refractivity contribution in [3.8, 4) is 0 Å². The van der Waals surface area contributed by atoms with E-state index in [1.807, 2.05) is 0 Å². The second-order valence-corrected chi connectivity index (χ2v) is 6.09. The number of rotatable bonds is 3. The second-order valence-electron chi connectivity index (χ2n) is 5.23. The Labute approximate surface area is 119 Å². The molecular weight excluding hydrogens is 317 g/mol. The molecule has 0 saturated carbocycles. The molecule has 0 radical (unpaired) electrons. The Morgan fingerprint density at radius 2 is 1.95 bits per heavy atom. The number of aliphatic carboxylic acids is 1. The maximum absolute atomic E-state index is 12.9. The monoisotopic (exact) mass is 331 g/mol. The molecule has 4 nitrogen and oxygen atoms in total. The number of amides is 1. The van der Waals surface area contributed by atoms with Crippen LogP contribution in [0.4, 0.5) is 4.39 Å². The Morgan fingerprint density at radius 1 is 1.37 bits per heavy atom. The summed E-state index contributed by atoms with van der Waals surface area (Å²) in [5.41, 5.74) is -0.439. The van der Waals surface area contributed by atoms with Crippen LogP contribution in [0.15, 0.2) is 22.7 Å². The third-order valence-electron chi connectivity index (χ3n) is 2.56. The molecule has 2 N–H and O–H groups in total. The van der Waals surface area contributed by atoms with Crippen LogP contribution in [0.1, 0.15) is 31.1 Å². The fraction of sp³-hybridized carbons (Fsp3) is 0.385. The van der Waals surface area contributed by atoms with Crippen LogP contribution in [0.2, 0.25) is 0 Å². The quantitative estimate of drug-likeness (QED) is 0.894. The summed E-state index contributed by atoms with van der Waals surface area (Å²) in [6.07, 6.45) is 0. The minimum atomic E-state index is -1.11. The van der Waals surface area contributed by atoms with Crippen molar-refractivity contribution in [2.24, 2.45) is 5.41 Å². The molecule has 0 bridgehead atoms. The van der Waals surface area contributed by atoms with Crippen molar-refractivity contribution < 1.29 is 19.1 Å². The van der Waals surface area contributed by atoms with Crippen LogP contribution in [-0.4, -0.2) is 23.0 Å². The normalized spacial score (nSPS) is 12.9. The zero-order chi connectivity index (χ0) is 14.8. The molecule has 0 unspecified atom stereocenters. The van der Waals surface area contributed by atoms with Gasteiger partial charge in [-0.1, -0.05) is 20.8 Å². The lowest BCUT2D eigenvalue weighted by Crippen LogP contribution is -2.49. The summed E-state index contributed by atoms with van der Waals surface area (Å²) in [5.74, 6) is -2.15. The van der Waals surface area contributed by atoms with Crippen LogP contribution in [-0.2, 0) is 4.79 Å². The Bertz CT molecular complexity index is 511. The molecule has 0 aliphatic heterocycles. The van der Waals surface area contributed by atoms with Crippen molar-refractivity contribution in [1.29, 1.82) is 0 Å². The molecule has 1 rings (SSSR count). The molecule has 0 spiro atoms. The first-order chi connectivity index (χ1) is 8.62. The SMILES string of the molecule is CC(C)(C)[C@H](NC(=O)c1ccc(F)cc1Br)C(=O)O. The molecule has 0 aliphatic carbocycles. The smallest absolute Gasteiger partial charge is 0.326 e. The number of hydrogen-bond donors (Lipinski definition) is 2. The molecule has 0 saturated heterocycles. The van der Waals surface area contributed by atoms with Crippen LogP contribution in [0.25, 0.3) is 0 Å². The number of nitrogens with one attached hydrogen (secondary N) is 1. The highest BCUT2D eigenvalue weighted by Gasteiger charge is 2.33. The van der Waals surface area contributed by atoms with E-state index in [0.29, 0.717) is 0 Å². The molecule has 104 valence electrons. The minimum absolute atomic E-state index is 0.192. The second kappa shape index (κ2) is 5.69. The van der Waals surface area contributed by atoms with Crippen molar-refractivity contribution in [3.63, 3.8) is 0 Å². The molecule has 0 aromatic heterocycles. The van der Waals surface area contributed by atoms with Crippen molar-refractivity contribution in [2.45, 2.75) is 26.8 Å². The standard InChI is InChI=1S/C13H15BrFNO3/c1-13(2,3)10(12(18)19)16-11(17)8-5-4-7(15)6-9(8)14/h4-6,10H,1-3H3,(H,16,17)(H,18,19)/t10-/m1/s1. The molecule has 1 amide bonds. The van der Waals surface area contributed by atoms with Gasteiger partial charge in [0.25, 0.3) is 5.91 Å². The van der Waals surface area contributed by atoms with Gasteiger partial charge in [-0.2, -0.15) is 0 Å². The minimum Gasteiger partial charge on any atom is -0.480 e. The highest BCUT2D eigenvalue weighted by Crippen LogP contribution is 2.22. The first kappa shape index (κ1) is 15.6. The zero-order valence-corrected chi connectivity index (χ0v) is 12.4. The number of carboxylic acid groups (broad SMARTS) is 1. The molecule has 0 heterocycles. The van der Waals surface area contributed by atoms with Crippen LogP contribution in [0, 0.1) is 11.2 Å². The van der Waals surface area contributed by atoms with Gasteiger partial charge in [-0.15, -0.1) is 0 Å². The number of halogens is 2. The number of hydrogen-bond acceptors (Lipinski definition) is 2. The summed E-state index contributed by atoms with van der Waals surface area (Å²) >= 11 is 3.08. The first-order valence-electron chi connectivity index (χ1n) is 5.61. The van der Waals surface area contributed by atoms with Crippen LogP contribution >= 0.6 is 15.9 Å². The zero-order valence-electron chi connectivity index (χ0n) is 10.8. The number of carboxylic acids is 1. The summed E-state index contributed by atoms with van der Waals surface area (Å²) < 4.78 is 13.2. The van der Waals surface area contributed by atoms with Crippen LogP contribution < -0.4 is 5.32 Å². The van der Waals surface area contributed by atoms with Gasteiger partial charge < -0.3 is 10.4 Å². The number of benzene rings is 1. The Balaban J connectivity index is 2.98. The Morgan fingerprint density at radius 3 is 2.37 bits per heavy atom. The van der Waals surface area contributed by atoms with Gasteiger partial charge in [-0.3, -0.25) is 4.79 Å². The van der Waals surface area contributed by atoms with E-state index < -0.39 is 29.2 Å². The summed E-state index contributed by atoms with van der Waals surface area (Å²) in [4.78, 5) is 23.2. The molecule has 1 atom stereocenters. The third kappa shape index (κ3) is 4.02. The van der Waals surface area contributed by atoms with E-state index >= 15 is 0 Å². The molecule has 1 aromatic carbocycles. The van der Waals surface area contributed by atoms with E-state index in [-0.39, 0.29) is 10.0 Å². The van der Waals surface area contributed by atoms with Crippen molar-refractivity contribution in [3.05, 3.63) is 34.1 Å². The van der Waals surface area contributed by atoms with Crippen molar-refractivity contribution in [1.82, 2.24) is 5.32 Å². The van der Waals surface area contributed by atoms with Gasteiger partial charge in [0, 0.05) is 4.47 Å². The molecule has 6 heteroatoms. The van der Waals surface area contributed by atoms with Crippen LogP contribution in [0.3, 0.4) is 0 Å². The maximum Gasteiger partial charge on any atom is 0.326 e. The van der Waals surface area contributed by atoms with E-state index in [4.69, 9.17) is 5.11 Å². The van der Waals surface area contributed by atoms with Gasteiger partial charge in [0.15, 0.2) is 0 Å². The predicted octanol–water partition coefficient (Wildman–Crippen LogP) is 2.82. The summed E-state index contributed by atoms with van der Waals surface area (Å²) in [7, 11) is 0. The van der Waals surface area contributed by atoms with Crippen LogP contribution in [0.5, 0.6) is 0 Å². The van der Waals surface area contributed by atoms with Gasteiger partial charge >= 0.3 is 5.97 Å². The number of carbonyl (C=O) groups excluding carboxylic acids is 1. The van der Waals surface area contributed by atoms with E-state index in [9.17, 15) is 14.0 Å². The lowest BCUT2D eigenvalue weighted by molar-refractivity contribution is -0.142. The lowest BCUT2D eigenvalue weighted by atomic mass is 9.86. The number of carbonyl (C=O) groups is 2. The average Bonchev–Trinajstić information content (AvgIpc) is 2.23. The molecule has 19 heavy (non-hydrogen) atoms. The highest BCUT2D eigenvalue weighted by atomic mass is 79.9. The van der Waals surface area contributed by atoms with Gasteiger partial charge in [-0.25, -0.2) is 9.18 Å². The third-order valence-corrected chi connectivity index (χ3v) is 3.22. The average molecular weight is 332 g/mol. The molecule has 0 fully saturated rings. The predicted molar refractivity (Wildman–Crippen MR) is 72.4 cm³/mol. The first-order valence-corrected chi connectivity index (χ1v) is 6.41. The largest absolute Gasteiger partial charge is 0.480 e. The fourth-order valence-electron chi connectivity index (χ4n) is 1.53. The van der Waals surface area contributed by atoms with Crippen molar-refractivity contribution in [2.75, 3.05) is 0 Å². The van der Waals surface area contributed by atoms with Gasteiger partial charge in [0.05, 0.1) is 5.56 Å². The summed E-state index contributed by atoms with van der Waals surface area (Å²) in [6, 6.07) is 2.57. The summed E-state index contributed by atoms with van der Waals surface area (Å²) in [6.45, 7) is 5.14. The Kier molecular flexibility index (Phi) is 4.68. The fourth-order valence-corrected chi connectivity index (χ4v) is 2.06. The van der Waals surface area contributed by atoms with Gasteiger partial charge in [-0.05, 0) is 39.5 Å². The highest BCUT2D eigenvalue weighted by molar-refractivity contribution is 9.10.